The highest BCUT2D eigenvalue weighted by atomic mass is 79.9. The van der Waals surface area contributed by atoms with Gasteiger partial charge in [0.2, 0.25) is 0 Å². The molecule has 0 fully saturated rings. The van der Waals surface area contributed by atoms with E-state index in [1.54, 1.807) is 18.4 Å². The van der Waals surface area contributed by atoms with Crippen LogP contribution in [0.25, 0.3) is 0 Å². The summed E-state index contributed by atoms with van der Waals surface area (Å²) in [5.41, 5.74) is 1.57. The Morgan fingerprint density at radius 2 is 2.25 bits per heavy atom. The molecule has 0 saturated carbocycles. The summed E-state index contributed by atoms with van der Waals surface area (Å²) >= 11 is 3.41. The van der Waals surface area contributed by atoms with Crippen LogP contribution in [0.3, 0.4) is 0 Å². The number of hydrogen-bond donors (Lipinski definition) is 1. The molecule has 0 radical (unpaired) electrons. The predicted molar refractivity (Wildman–Crippen MR) is 64.9 cm³/mol. The molecule has 0 spiro atoms. The third kappa shape index (κ3) is 2.44. The van der Waals surface area contributed by atoms with Crippen LogP contribution < -0.4 is 5.32 Å². The molecule has 0 atom stereocenters. The molecular weight excluding hydrogens is 268 g/mol. The van der Waals surface area contributed by atoms with Gasteiger partial charge in [-0.25, -0.2) is 0 Å². The summed E-state index contributed by atoms with van der Waals surface area (Å²) in [5.74, 6) is 0.872. The zero-order valence-electron chi connectivity index (χ0n) is 8.40. The van der Waals surface area contributed by atoms with Gasteiger partial charge in [-0.1, -0.05) is 0 Å². The molecule has 0 aliphatic rings. The van der Waals surface area contributed by atoms with Gasteiger partial charge in [-0.05, 0) is 46.3 Å². The van der Waals surface area contributed by atoms with E-state index in [2.05, 4.69) is 27.3 Å². The summed E-state index contributed by atoms with van der Waals surface area (Å²) < 4.78 is 6.08. The molecule has 4 heteroatoms. The summed E-state index contributed by atoms with van der Waals surface area (Å²) in [7, 11) is 0. The second-order valence-corrected chi connectivity index (χ2v) is 4.09. The number of rotatable bonds is 3. The van der Waals surface area contributed by atoms with Gasteiger partial charge >= 0.3 is 0 Å². The maximum Gasteiger partial charge on any atom is 0.122 e. The molecule has 80 valence electrons. The smallest absolute Gasteiger partial charge is 0.122 e. The van der Waals surface area contributed by atoms with Gasteiger partial charge in [-0.2, -0.15) is 5.26 Å². The number of benzene rings is 1. The van der Waals surface area contributed by atoms with Gasteiger partial charge in [0.15, 0.2) is 0 Å². The SMILES string of the molecule is N#Cc1ccc(NCc2ccco2)c(Br)c1. The minimum Gasteiger partial charge on any atom is -0.467 e. The normalized spacial score (nSPS) is 9.75. The van der Waals surface area contributed by atoms with E-state index in [0.717, 1.165) is 15.9 Å². The Balaban J connectivity index is 2.08. The highest BCUT2D eigenvalue weighted by Gasteiger charge is 2.01. The van der Waals surface area contributed by atoms with Crippen LogP contribution in [0.15, 0.2) is 45.5 Å². The molecule has 2 rings (SSSR count). The van der Waals surface area contributed by atoms with Crippen molar-refractivity contribution in [2.24, 2.45) is 0 Å². The third-order valence-corrected chi connectivity index (χ3v) is 2.79. The van der Waals surface area contributed by atoms with Gasteiger partial charge in [0.25, 0.3) is 0 Å². The van der Waals surface area contributed by atoms with Crippen molar-refractivity contribution in [1.82, 2.24) is 0 Å². The van der Waals surface area contributed by atoms with E-state index in [0.29, 0.717) is 12.1 Å². The van der Waals surface area contributed by atoms with E-state index in [1.807, 2.05) is 18.2 Å². The van der Waals surface area contributed by atoms with Crippen LogP contribution in [0.5, 0.6) is 0 Å². The lowest BCUT2D eigenvalue weighted by molar-refractivity contribution is 0.518. The van der Waals surface area contributed by atoms with E-state index in [9.17, 15) is 0 Å². The van der Waals surface area contributed by atoms with Crippen molar-refractivity contribution < 1.29 is 4.42 Å². The van der Waals surface area contributed by atoms with Crippen molar-refractivity contribution in [3.63, 3.8) is 0 Å². The van der Waals surface area contributed by atoms with Gasteiger partial charge in [-0.3, -0.25) is 0 Å². The van der Waals surface area contributed by atoms with Crippen LogP contribution in [0.1, 0.15) is 11.3 Å². The van der Waals surface area contributed by atoms with Gasteiger partial charge < -0.3 is 9.73 Å². The van der Waals surface area contributed by atoms with E-state index >= 15 is 0 Å². The van der Waals surface area contributed by atoms with Gasteiger partial charge in [0.1, 0.15) is 5.76 Å². The molecule has 0 saturated heterocycles. The fourth-order valence-electron chi connectivity index (χ4n) is 1.32. The maximum absolute atomic E-state index is 8.73. The van der Waals surface area contributed by atoms with Crippen LogP contribution in [0, 0.1) is 11.3 Å². The lowest BCUT2D eigenvalue weighted by Gasteiger charge is -2.06. The number of furan rings is 1. The fraction of sp³-hybridized carbons (Fsp3) is 0.0833. The van der Waals surface area contributed by atoms with E-state index in [-0.39, 0.29) is 0 Å². The first kappa shape index (κ1) is 10.8. The van der Waals surface area contributed by atoms with E-state index in [4.69, 9.17) is 9.68 Å². The first-order chi connectivity index (χ1) is 7.79. The molecule has 3 nitrogen and oxygen atoms in total. The maximum atomic E-state index is 8.73. The van der Waals surface area contributed by atoms with Crippen LogP contribution in [-0.4, -0.2) is 0 Å². The minimum atomic E-state index is 0.623. The number of nitrogens with one attached hydrogen (secondary N) is 1. The summed E-state index contributed by atoms with van der Waals surface area (Å²) in [6.07, 6.45) is 1.64. The molecule has 16 heavy (non-hydrogen) atoms. The van der Waals surface area contributed by atoms with E-state index < -0.39 is 0 Å². The molecule has 1 aromatic carbocycles. The first-order valence-corrected chi connectivity index (χ1v) is 5.55. The molecule has 2 aromatic rings. The van der Waals surface area contributed by atoms with E-state index in [1.165, 1.54) is 0 Å². The monoisotopic (exact) mass is 276 g/mol. The molecule has 0 aliphatic heterocycles. The predicted octanol–water partition coefficient (Wildman–Crippen LogP) is 3.53. The van der Waals surface area contributed by atoms with Crippen LogP contribution in [0.4, 0.5) is 5.69 Å². The third-order valence-electron chi connectivity index (χ3n) is 2.13. The standard InChI is InChI=1S/C12H9BrN2O/c13-11-6-9(7-14)3-4-12(11)15-8-10-2-1-5-16-10/h1-6,15H,8H2. The number of hydrogen-bond acceptors (Lipinski definition) is 3. The Bertz CT molecular complexity index is 514. The van der Waals surface area contributed by atoms with Gasteiger partial charge in [0, 0.05) is 10.2 Å². The Kier molecular flexibility index (Phi) is 3.28. The Morgan fingerprint density at radius 1 is 1.38 bits per heavy atom. The Labute approximate surface area is 102 Å². The summed E-state index contributed by atoms with van der Waals surface area (Å²) in [6, 6.07) is 11.3. The second kappa shape index (κ2) is 4.86. The quantitative estimate of drug-likeness (QED) is 0.933. The van der Waals surface area contributed by atoms with Crippen LogP contribution in [0.2, 0.25) is 0 Å². The zero-order chi connectivity index (χ0) is 11.4. The molecule has 1 N–H and O–H groups in total. The largest absolute Gasteiger partial charge is 0.467 e. The van der Waals surface area contributed by atoms with Crippen molar-refractivity contribution in [2.45, 2.75) is 6.54 Å². The fourth-order valence-corrected chi connectivity index (χ4v) is 1.84. The average Bonchev–Trinajstić information content (AvgIpc) is 2.80. The Morgan fingerprint density at radius 3 is 2.88 bits per heavy atom. The highest BCUT2D eigenvalue weighted by molar-refractivity contribution is 9.10. The van der Waals surface area contributed by atoms with Gasteiger partial charge in [0.05, 0.1) is 24.4 Å². The number of nitriles is 1. The molecule has 0 amide bonds. The summed E-state index contributed by atoms with van der Waals surface area (Å²) in [4.78, 5) is 0. The molecule has 1 aromatic heterocycles. The number of nitrogens with zero attached hydrogens (tertiary/aromatic N) is 1. The lowest BCUT2D eigenvalue weighted by Crippen LogP contribution is -1.98. The van der Waals surface area contributed by atoms with Crippen molar-refractivity contribution in [2.75, 3.05) is 5.32 Å². The average molecular weight is 277 g/mol. The number of halogens is 1. The van der Waals surface area contributed by atoms with Crippen molar-refractivity contribution in [3.05, 3.63) is 52.4 Å². The lowest BCUT2D eigenvalue weighted by atomic mass is 10.2. The van der Waals surface area contributed by atoms with Gasteiger partial charge in [-0.15, -0.1) is 0 Å². The topological polar surface area (TPSA) is 49.0 Å². The molecule has 0 unspecified atom stereocenters. The zero-order valence-corrected chi connectivity index (χ0v) is 9.99. The second-order valence-electron chi connectivity index (χ2n) is 3.24. The molecule has 0 bridgehead atoms. The number of anilines is 1. The van der Waals surface area contributed by atoms with Crippen LogP contribution in [-0.2, 0) is 6.54 Å². The van der Waals surface area contributed by atoms with Crippen LogP contribution >= 0.6 is 15.9 Å². The van der Waals surface area contributed by atoms with Crippen molar-refractivity contribution in [1.29, 1.82) is 5.26 Å². The molecular formula is C12H9BrN2O. The Hall–Kier alpha value is -1.73. The summed E-state index contributed by atoms with van der Waals surface area (Å²) in [6.45, 7) is 0.623. The highest BCUT2D eigenvalue weighted by Crippen LogP contribution is 2.23. The minimum absolute atomic E-state index is 0.623. The molecule has 1 heterocycles. The van der Waals surface area contributed by atoms with Crippen molar-refractivity contribution >= 4 is 21.6 Å². The summed E-state index contributed by atoms with van der Waals surface area (Å²) in [5, 5.41) is 11.9. The van der Waals surface area contributed by atoms with Crippen molar-refractivity contribution in [3.8, 4) is 6.07 Å². The molecule has 0 aliphatic carbocycles. The first-order valence-electron chi connectivity index (χ1n) is 4.75.